The number of ether oxygens (including phenoxy) is 1. The Morgan fingerprint density at radius 2 is 1.50 bits per heavy atom. The van der Waals surface area contributed by atoms with Crippen LogP contribution in [0, 0.1) is 5.92 Å². The molecule has 0 heterocycles. The van der Waals surface area contributed by atoms with E-state index in [1.165, 1.54) is 6.92 Å². The molecule has 6 heteroatoms. The van der Waals surface area contributed by atoms with Gasteiger partial charge in [-0.2, -0.15) is 0 Å². The van der Waals surface area contributed by atoms with Crippen molar-refractivity contribution in [2.45, 2.75) is 39.3 Å². The zero-order valence-electron chi connectivity index (χ0n) is 18.5. The molecular formula is C26H28N2O4. The molecule has 0 saturated heterocycles. The monoisotopic (exact) mass is 432 g/mol. The molecule has 2 amide bonds. The fourth-order valence-corrected chi connectivity index (χ4v) is 3.32. The van der Waals surface area contributed by atoms with Gasteiger partial charge in [0, 0.05) is 5.69 Å². The van der Waals surface area contributed by atoms with E-state index in [9.17, 15) is 14.4 Å². The van der Waals surface area contributed by atoms with Crippen LogP contribution < -0.4 is 10.6 Å². The van der Waals surface area contributed by atoms with Crippen LogP contribution in [0.25, 0.3) is 10.8 Å². The van der Waals surface area contributed by atoms with E-state index in [1.54, 1.807) is 6.07 Å². The van der Waals surface area contributed by atoms with Crippen molar-refractivity contribution < 1.29 is 19.1 Å². The second-order valence-corrected chi connectivity index (χ2v) is 8.08. The summed E-state index contributed by atoms with van der Waals surface area (Å²) in [5.74, 6) is -1.55. The molecule has 3 aromatic carbocycles. The lowest BCUT2D eigenvalue weighted by atomic mass is 10.0. The van der Waals surface area contributed by atoms with E-state index >= 15 is 0 Å². The van der Waals surface area contributed by atoms with Crippen molar-refractivity contribution in [2.24, 2.45) is 5.92 Å². The minimum absolute atomic E-state index is 0.162. The lowest BCUT2D eigenvalue weighted by Gasteiger charge is -2.23. The standard InChI is InChI=1S/C26H28N2O4/c1-17(2)24(28-23(29)15-19-9-5-4-6-10-19)26(31)32-18(3)25(30)27-22-14-13-20-11-7-8-12-21(20)16-22/h4-14,16-18,24H,15H2,1-3H3,(H,27,30)(H,28,29). The summed E-state index contributed by atoms with van der Waals surface area (Å²) in [4.78, 5) is 37.7. The average molecular weight is 433 g/mol. The number of nitrogens with one attached hydrogen (secondary N) is 2. The summed E-state index contributed by atoms with van der Waals surface area (Å²) in [6.45, 7) is 5.14. The second-order valence-electron chi connectivity index (χ2n) is 8.08. The smallest absolute Gasteiger partial charge is 0.329 e. The number of esters is 1. The minimum Gasteiger partial charge on any atom is -0.451 e. The van der Waals surface area contributed by atoms with Crippen molar-refractivity contribution in [1.29, 1.82) is 0 Å². The van der Waals surface area contributed by atoms with Crippen LogP contribution in [-0.4, -0.2) is 29.9 Å². The highest BCUT2D eigenvalue weighted by Crippen LogP contribution is 2.19. The van der Waals surface area contributed by atoms with Crippen molar-refractivity contribution in [3.8, 4) is 0 Å². The molecule has 166 valence electrons. The Balaban J connectivity index is 1.58. The van der Waals surface area contributed by atoms with E-state index < -0.39 is 24.0 Å². The van der Waals surface area contributed by atoms with Crippen LogP contribution >= 0.6 is 0 Å². The van der Waals surface area contributed by atoms with E-state index in [0.29, 0.717) is 5.69 Å². The molecule has 3 aromatic rings. The highest BCUT2D eigenvalue weighted by Gasteiger charge is 2.29. The van der Waals surface area contributed by atoms with Gasteiger partial charge in [0.1, 0.15) is 6.04 Å². The molecule has 0 aliphatic heterocycles. The molecule has 32 heavy (non-hydrogen) atoms. The molecule has 0 spiro atoms. The van der Waals surface area contributed by atoms with Crippen molar-refractivity contribution >= 4 is 34.2 Å². The van der Waals surface area contributed by atoms with Gasteiger partial charge in [-0.05, 0) is 41.3 Å². The Bertz CT molecular complexity index is 1100. The first-order valence-corrected chi connectivity index (χ1v) is 10.7. The Kier molecular flexibility index (Phi) is 7.60. The van der Waals surface area contributed by atoms with Crippen LogP contribution in [0.15, 0.2) is 72.8 Å². The first kappa shape index (κ1) is 23.0. The number of anilines is 1. The molecular weight excluding hydrogens is 404 g/mol. The third-order valence-corrected chi connectivity index (χ3v) is 5.12. The van der Waals surface area contributed by atoms with Gasteiger partial charge in [-0.15, -0.1) is 0 Å². The Labute approximate surface area is 188 Å². The zero-order valence-corrected chi connectivity index (χ0v) is 18.5. The Morgan fingerprint density at radius 3 is 2.19 bits per heavy atom. The number of carbonyl (C=O) groups is 3. The lowest BCUT2D eigenvalue weighted by molar-refractivity contribution is -0.157. The largest absolute Gasteiger partial charge is 0.451 e. The molecule has 0 aliphatic carbocycles. The molecule has 0 radical (unpaired) electrons. The normalized spacial score (nSPS) is 12.8. The van der Waals surface area contributed by atoms with Crippen LogP contribution in [0.4, 0.5) is 5.69 Å². The summed E-state index contributed by atoms with van der Waals surface area (Å²) < 4.78 is 5.38. The van der Waals surface area contributed by atoms with Gasteiger partial charge in [-0.1, -0.05) is 74.5 Å². The quantitative estimate of drug-likeness (QED) is 0.525. The summed E-state index contributed by atoms with van der Waals surface area (Å²) in [5, 5.41) is 7.57. The first-order chi connectivity index (χ1) is 15.3. The molecule has 6 nitrogen and oxygen atoms in total. The average Bonchev–Trinajstić information content (AvgIpc) is 2.77. The van der Waals surface area contributed by atoms with Crippen molar-refractivity contribution in [1.82, 2.24) is 5.32 Å². The third kappa shape index (κ3) is 6.17. The van der Waals surface area contributed by atoms with Gasteiger partial charge in [0.15, 0.2) is 6.10 Å². The van der Waals surface area contributed by atoms with E-state index in [2.05, 4.69) is 10.6 Å². The SMILES string of the molecule is CC(OC(=O)C(NC(=O)Cc1ccccc1)C(C)C)C(=O)Nc1ccc2ccccc2c1. The maximum Gasteiger partial charge on any atom is 0.329 e. The number of hydrogen-bond acceptors (Lipinski definition) is 4. The van der Waals surface area contributed by atoms with E-state index in [4.69, 9.17) is 4.74 Å². The highest BCUT2D eigenvalue weighted by atomic mass is 16.5. The topological polar surface area (TPSA) is 84.5 Å². The molecule has 0 saturated carbocycles. The minimum atomic E-state index is -1.01. The van der Waals surface area contributed by atoms with Crippen molar-refractivity contribution in [3.05, 3.63) is 78.4 Å². The number of fused-ring (bicyclic) bond motifs is 1. The maximum atomic E-state index is 12.7. The van der Waals surface area contributed by atoms with Gasteiger partial charge < -0.3 is 15.4 Å². The fraction of sp³-hybridized carbons (Fsp3) is 0.269. The van der Waals surface area contributed by atoms with Crippen LogP contribution in [0.1, 0.15) is 26.3 Å². The summed E-state index contributed by atoms with van der Waals surface area (Å²) in [6.07, 6.45) is -0.851. The first-order valence-electron chi connectivity index (χ1n) is 10.7. The van der Waals surface area contributed by atoms with E-state index in [-0.39, 0.29) is 18.2 Å². The Morgan fingerprint density at radius 1 is 0.844 bits per heavy atom. The molecule has 0 aliphatic rings. The molecule has 2 N–H and O–H groups in total. The highest BCUT2D eigenvalue weighted by molar-refractivity contribution is 5.97. The van der Waals surface area contributed by atoms with Gasteiger partial charge in [0.05, 0.1) is 6.42 Å². The van der Waals surface area contributed by atoms with Gasteiger partial charge in [-0.3, -0.25) is 9.59 Å². The van der Waals surface area contributed by atoms with Crippen molar-refractivity contribution in [3.63, 3.8) is 0 Å². The summed E-state index contributed by atoms with van der Waals surface area (Å²) >= 11 is 0. The molecule has 2 atom stereocenters. The predicted molar refractivity (Wildman–Crippen MR) is 125 cm³/mol. The molecule has 3 rings (SSSR count). The van der Waals surface area contributed by atoms with Gasteiger partial charge in [0.2, 0.25) is 5.91 Å². The fourth-order valence-electron chi connectivity index (χ4n) is 3.32. The van der Waals surface area contributed by atoms with Gasteiger partial charge >= 0.3 is 5.97 Å². The molecule has 0 fully saturated rings. The van der Waals surface area contributed by atoms with E-state index in [0.717, 1.165) is 16.3 Å². The molecule has 0 aromatic heterocycles. The number of rotatable bonds is 8. The van der Waals surface area contributed by atoms with Crippen LogP contribution in [0.2, 0.25) is 0 Å². The van der Waals surface area contributed by atoms with E-state index in [1.807, 2.05) is 80.6 Å². The molecule has 0 bridgehead atoms. The van der Waals surface area contributed by atoms with Crippen molar-refractivity contribution in [2.75, 3.05) is 5.32 Å². The van der Waals surface area contributed by atoms with Crippen LogP contribution in [0.3, 0.4) is 0 Å². The third-order valence-electron chi connectivity index (χ3n) is 5.12. The maximum absolute atomic E-state index is 12.7. The number of benzene rings is 3. The van der Waals surface area contributed by atoms with Gasteiger partial charge in [0.25, 0.3) is 5.91 Å². The summed E-state index contributed by atoms with van der Waals surface area (Å²) in [6, 6.07) is 21.8. The lowest BCUT2D eigenvalue weighted by Crippen LogP contribution is -2.47. The van der Waals surface area contributed by atoms with Crippen LogP contribution in [0.5, 0.6) is 0 Å². The number of carbonyl (C=O) groups excluding carboxylic acids is 3. The molecule has 2 unspecified atom stereocenters. The Hall–Kier alpha value is -3.67. The van der Waals surface area contributed by atoms with Gasteiger partial charge in [-0.25, -0.2) is 4.79 Å². The van der Waals surface area contributed by atoms with Crippen LogP contribution in [-0.2, 0) is 25.5 Å². The second kappa shape index (κ2) is 10.6. The predicted octanol–water partition coefficient (Wildman–Crippen LogP) is 4.09. The number of hydrogen-bond donors (Lipinski definition) is 2. The zero-order chi connectivity index (χ0) is 23.1. The summed E-state index contributed by atoms with van der Waals surface area (Å²) in [7, 11) is 0. The summed E-state index contributed by atoms with van der Waals surface area (Å²) in [5.41, 5.74) is 1.47. The number of amides is 2.